The molecule has 4 rings (SSSR count). The van der Waals surface area contributed by atoms with Crippen LogP contribution in [0.2, 0.25) is 0 Å². The molecule has 4 aromatic rings. The molecule has 7 heteroatoms. The molecule has 0 aliphatic heterocycles. The molecule has 2 heterocycles. The number of allylic oxidation sites excluding steroid dienone is 1. The van der Waals surface area contributed by atoms with Gasteiger partial charge in [-0.15, -0.1) is 0 Å². The van der Waals surface area contributed by atoms with Crippen molar-refractivity contribution < 1.29 is 18.7 Å². The second-order valence-corrected chi connectivity index (χ2v) is 7.79. The number of methoxy groups -OCH3 is 1. The summed E-state index contributed by atoms with van der Waals surface area (Å²) in [5.74, 6) is 2.31. The smallest absolute Gasteiger partial charge is 0.287 e. The van der Waals surface area contributed by atoms with Crippen LogP contribution < -0.4 is 14.8 Å². The number of nitrogens with one attached hydrogen (secondary N) is 1. The van der Waals surface area contributed by atoms with Crippen molar-refractivity contribution in [2.24, 2.45) is 0 Å². The lowest BCUT2D eigenvalue weighted by atomic mass is 10.2. The maximum Gasteiger partial charge on any atom is 0.287 e. The van der Waals surface area contributed by atoms with Gasteiger partial charge in [0.15, 0.2) is 17.3 Å². The van der Waals surface area contributed by atoms with E-state index in [0.29, 0.717) is 13.2 Å². The van der Waals surface area contributed by atoms with E-state index in [4.69, 9.17) is 18.9 Å². The van der Waals surface area contributed by atoms with Crippen molar-refractivity contribution in [1.29, 1.82) is 0 Å². The Morgan fingerprint density at radius 1 is 1.12 bits per heavy atom. The zero-order chi connectivity index (χ0) is 23.8. The molecule has 0 spiro atoms. The molecule has 176 valence electrons. The Bertz CT molecular complexity index is 1260. The molecule has 0 aliphatic rings. The number of fused-ring (bicyclic) bond motifs is 1. The Morgan fingerprint density at radius 3 is 2.79 bits per heavy atom. The quantitative estimate of drug-likeness (QED) is 0.301. The number of amides is 1. The number of hydrogen-bond acceptors (Lipinski definition) is 5. The van der Waals surface area contributed by atoms with Gasteiger partial charge in [0.1, 0.15) is 5.82 Å². The number of para-hydroxylation sites is 2. The number of ether oxygens (including phenoxy) is 2. The molecule has 34 heavy (non-hydrogen) atoms. The number of rotatable bonds is 11. The first kappa shape index (κ1) is 23.2. The van der Waals surface area contributed by atoms with Crippen molar-refractivity contribution >= 4 is 23.0 Å². The number of hydrogen-bond donors (Lipinski definition) is 1. The molecule has 7 nitrogen and oxygen atoms in total. The largest absolute Gasteiger partial charge is 0.493 e. The highest BCUT2D eigenvalue weighted by Crippen LogP contribution is 2.29. The summed E-state index contributed by atoms with van der Waals surface area (Å²) in [5, 5.41) is 2.89. The van der Waals surface area contributed by atoms with Gasteiger partial charge < -0.3 is 23.8 Å². The first-order valence-corrected chi connectivity index (χ1v) is 11.4. The van der Waals surface area contributed by atoms with Crippen molar-refractivity contribution in [2.75, 3.05) is 13.7 Å². The van der Waals surface area contributed by atoms with Gasteiger partial charge in [0.2, 0.25) is 0 Å². The van der Waals surface area contributed by atoms with Crippen LogP contribution in [0.3, 0.4) is 0 Å². The third kappa shape index (κ3) is 5.49. The van der Waals surface area contributed by atoms with Gasteiger partial charge in [-0.05, 0) is 61.7 Å². The van der Waals surface area contributed by atoms with Gasteiger partial charge in [0, 0.05) is 6.54 Å². The van der Waals surface area contributed by atoms with E-state index in [1.165, 1.54) is 6.26 Å². The molecule has 1 amide bonds. The summed E-state index contributed by atoms with van der Waals surface area (Å²) in [7, 11) is 1.65. The molecule has 0 radical (unpaired) electrons. The molecule has 0 atom stereocenters. The van der Waals surface area contributed by atoms with Crippen molar-refractivity contribution in [3.05, 3.63) is 84.1 Å². The first-order chi connectivity index (χ1) is 16.7. The highest BCUT2D eigenvalue weighted by Gasteiger charge is 2.13. The SMILES string of the molecule is C/C=C/c1ccc(OCCCCn2c(CNC(=O)c3ccco3)nc3ccccc32)c(OC)c1. The van der Waals surface area contributed by atoms with E-state index in [-0.39, 0.29) is 11.7 Å². The fourth-order valence-corrected chi connectivity index (χ4v) is 3.82. The van der Waals surface area contributed by atoms with Crippen LogP contribution in [0.4, 0.5) is 0 Å². The highest BCUT2D eigenvalue weighted by atomic mass is 16.5. The van der Waals surface area contributed by atoms with Crippen molar-refractivity contribution in [3.8, 4) is 11.5 Å². The number of furan rings is 1. The number of imidazole rings is 1. The molecular weight excluding hydrogens is 430 g/mol. The van der Waals surface area contributed by atoms with Crippen molar-refractivity contribution in [2.45, 2.75) is 32.9 Å². The maximum absolute atomic E-state index is 12.3. The van der Waals surface area contributed by atoms with Crippen LogP contribution in [-0.2, 0) is 13.1 Å². The van der Waals surface area contributed by atoms with Crippen LogP contribution in [0.1, 0.15) is 41.7 Å². The molecule has 2 aromatic carbocycles. The summed E-state index contributed by atoms with van der Waals surface area (Å²) < 4.78 is 18.8. The van der Waals surface area contributed by atoms with Gasteiger partial charge in [0.25, 0.3) is 5.91 Å². The lowest BCUT2D eigenvalue weighted by molar-refractivity contribution is 0.0921. The molecule has 1 N–H and O–H groups in total. The summed E-state index contributed by atoms with van der Waals surface area (Å²) in [4.78, 5) is 17.0. The summed E-state index contributed by atoms with van der Waals surface area (Å²) >= 11 is 0. The van der Waals surface area contributed by atoms with Crippen LogP contribution in [0.5, 0.6) is 11.5 Å². The van der Waals surface area contributed by atoms with E-state index in [1.807, 2.05) is 61.5 Å². The van der Waals surface area contributed by atoms with Gasteiger partial charge in [-0.2, -0.15) is 0 Å². The number of aromatic nitrogens is 2. The van der Waals surface area contributed by atoms with E-state index in [0.717, 1.165) is 53.3 Å². The van der Waals surface area contributed by atoms with Gasteiger partial charge in [-0.25, -0.2) is 4.98 Å². The summed E-state index contributed by atoms with van der Waals surface area (Å²) in [6.45, 7) is 3.66. The first-order valence-electron chi connectivity index (χ1n) is 11.4. The lowest BCUT2D eigenvalue weighted by Gasteiger charge is -2.12. The van der Waals surface area contributed by atoms with E-state index < -0.39 is 0 Å². The Balaban J connectivity index is 1.36. The number of nitrogens with zero attached hydrogens (tertiary/aromatic N) is 2. The van der Waals surface area contributed by atoms with Gasteiger partial charge in [-0.1, -0.05) is 30.4 Å². The lowest BCUT2D eigenvalue weighted by Crippen LogP contribution is -2.24. The minimum Gasteiger partial charge on any atom is -0.493 e. The molecule has 0 saturated heterocycles. The highest BCUT2D eigenvalue weighted by molar-refractivity contribution is 5.91. The average Bonchev–Trinajstić information content (AvgIpc) is 3.52. The molecule has 0 aliphatic carbocycles. The van der Waals surface area contributed by atoms with E-state index in [2.05, 4.69) is 9.88 Å². The van der Waals surface area contributed by atoms with Crippen molar-refractivity contribution in [3.63, 3.8) is 0 Å². The topological polar surface area (TPSA) is 78.5 Å². The Kier molecular flexibility index (Phi) is 7.65. The predicted molar refractivity (Wildman–Crippen MR) is 132 cm³/mol. The van der Waals surface area contributed by atoms with E-state index in [1.54, 1.807) is 19.2 Å². The number of carbonyl (C=O) groups excluding carboxylic acids is 1. The second-order valence-electron chi connectivity index (χ2n) is 7.79. The number of carbonyl (C=O) groups is 1. The van der Waals surface area contributed by atoms with Gasteiger partial charge in [0.05, 0.1) is 37.6 Å². The minimum atomic E-state index is -0.258. The van der Waals surface area contributed by atoms with Gasteiger partial charge >= 0.3 is 0 Å². The summed E-state index contributed by atoms with van der Waals surface area (Å²) in [6, 6.07) is 17.3. The second kappa shape index (κ2) is 11.2. The third-order valence-corrected chi connectivity index (χ3v) is 5.47. The summed E-state index contributed by atoms with van der Waals surface area (Å²) in [6.07, 6.45) is 7.27. The standard InChI is InChI=1S/C27H29N3O4/c1-3-9-20-13-14-23(25(18-20)32-2)33-16-7-6-15-30-22-11-5-4-10-21(22)29-26(30)19-28-27(31)24-12-8-17-34-24/h3-5,8-14,17-18H,6-7,15-16,19H2,1-2H3,(H,28,31)/b9-3+. The summed E-state index contributed by atoms with van der Waals surface area (Å²) in [5.41, 5.74) is 3.03. The Labute approximate surface area is 199 Å². The number of aryl methyl sites for hydroxylation is 1. The fourth-order valence-electron chi connectivity index (χ4n) is 3.82. The van der Waals surface area contributed by atoms with Crippen LogP contribution in [0.25, 0.3) is 17.1 Å². The van der Waals surface area contributed by atoms with Crippen LogP contribution in [0.15, 0.2) is 71.4 Å². The van der Waals surface area contributed by atoms with Crippen LogP contribution in [0, 0.1) is 0 Å². The van der Waals surface area contributed by atoms with E-state index in [9.17, 15) is 4.79 Å². The van der Waals surface area contributed by atoms with Gasteiger partial charge in [-0.3, -0.25) is 4.79 Å². The monoisotopic (exact) mass is 459 g/mol. The molecule has 0 saturated carbocycles. The molecule has 0 unspecified atom stereocenters. The molecular formula is C27H29N3O4. The number of benzene rings is 2. The molecule has 2 aromatic heterocycles. The third-order valence-electron chi connectivity index (χ3n) is 5.47. The van der Waals surface area contributed by atoms with Crippen LogP contribution >= 0.6 is 0 Å². The van der Waals surface area contributed by atoms with Crippen molar-refractivity contribution in [1.82, 2.24) is 14.9 Å². The van der Waals surface area contributed by atoms with E-state index >= 15 is 0 Å². The Morgan fingerprint density at radius 2 is 2.00 bits per heavy atom. The minimum absolute atomic E-state index is 0.258. The normalized spacial score (nSPS) is 11.2. The molecule has 0 bridgehead atoms. The zero-order valence-corrected chi connectivity index (χ0v) is 19.5. The number of unbranched alkanes of at least 4 members (excludes halogenated alkanes) is 1. The molecule has 0 fully saturated rings. The fraction of sp³-hybridized carbons (Fsp3) is 0.259. The Hall–Kier alpha value is -4.00. The zero-order valence-electron chi connectivity index (χ0n) is 19.5. The van der Waals surface area contributed by atoms with Crippen LogP contribution in [-0.4, -0.2) is 29.2 Å². The maximum atomic E-state index is 12.3. The predicted octanol–water partition coefficient (Wildman–Crippen LogP) is 5.46. The average molecular weight is 460 g/mol.